The Morgan fingerprint density at radius 1 is 1.33 bits per heavy atom. The second-order valence-electron chi connectivity index (χ2n) is 6.90. The third kappa shape index (κ3) is 4.12. The maximum absolute atomic E-state index is 12.6. The van der Waals surface area contributed by atoms with Crippen LogP contribution in [0.4, 0.5) is 0 Å². The molecule has 3 heterocycles. The highest BCUT2D eigenvalue weighted by Gasteiger charge is 2.27. The van der Waals surface area contributed by atoms with Crippen molar-refractivity contribution in [2.75, 3.05) is 26.2 Å². The summed E-state index contributed by atoms with van der Waals surface area (Å²) in [5, 5.41) is 6.27. The van der Waals surface area contributed by atoms with Crippen molar-refractivity contribution in [3.05, 3.63) is 29.6 Å². The zero-order valence-corrected chi connectivity index (χ0v) is 14.3. The van der Waals surface area contributed by atoms with Crippen LogP contribution in [0.1, 0.15) is 41.6 Å². The standard InChI is InChI=1S/C18H26N4O2/c1-13-8-15(11-19-9-13)18(24)22-7-3-4-14(12-22)10-21-17(23)16-5-2-6-20-16/h8-9,11,14,16,20H,2-7,10,12H2,1H3,(H,21,23)/t14-,16+/m0/s1. The van der Waals surface area contributed by atoms with Gasteiger partial charge < -0.3 is 15.5 Å². The van der Waals surface area contributed by atoms with Crippen LogP contribution in [-0.4, -0.2) is 53.9 Å². The first-order valence-electron chi connectivity index (χ1n) is 8.85. The van der Waals surface area contributed by atoms with E-state index in [2.05, 4.69) is 15.6 Å². The Hall–Kier alpha value is -1.95. The molecule has 2 N–H and O–H groups in total. The van der Waals surface area contributed by atoms with Gasteiger partial charge in [0.15, 0.2) is 0 Å². The van der Waals surface area contributed by atoms with E-state index >= 15 is 0 Å². The molecule has 0 unspecified atom stereocenters. The predicted octanol–water partition coefficient (Wildman–Crippen LogP) is 1.11. The highest BCUT2D eigenvalue weighted by atomic mass is 16.2. The van der Waals surface area contributed by atoms with Gasteiger partial charge in [-0.3, -0.25) is 14.6 Å². The maximum Gasteiger partial charge on any atom is 0.255 e. The molecule has 0 bridgehead atoms. The molecule has 6 nitrogen and oxygen atoms in total. The monoisotopic (exact) mass is 330 g/mol. The third-order valence-electron chi connectivity index (χ3n) is 4.87. The van der Waals surface area contributed by atoms with E-state index < -0.39 is 0 Å². The molecule has 2 aliphatic heterocycles. The molecule has 0 spiro atoms. The van der Waals surface area contributed by atoms with Crippen LogP contribution < -0.4 is 10.6 Å². The molecule has 1 aromatic heterocycles. The fraction of sp³-hybridized carbons (Fsp3) is 0.611. The number of amides is 2. The van der Waals surface area contributed by atoms with Crippen molar-refractivity contribution >= 4 is 11.8 Å². The van der Waals surface area contributed by atoms with Gasteiger partial charge in [0.25, 0.3) is 5.91 Å². The second kappa shape index (κ2) is 7.75. The van der Waals surface area contributed by atoms with Crippen LogP contribution in [0.3, 0.4) is 0 Å². The molecule has 0 aromatic carbocycles. The first kappa shape index (κ1) is 16.9. The minimum Gasteiger partial charge on any atom is -0.354 e. The first-order chi connectivity index (χ1) is 11.6. The number of aryl methyl sites for hydroxylation is 1. The molecule has 24 heavy (non-hydrogen) atoms. The van der Waals surface area contributed by atoms with E-state index in [4.69, 9.17) is 0 Å². The van der Waals surface area contributed by atoms with E-state index in [0.717, 1.165) is 44.3 Å². The third-order valence-corrected chi connectivity index (χ3v) is 4.87. The van der Waals surface area contributed by atoms with Crippen molar-refractivity contribution in [2.45, 2.75) is 38.6 Å². The van der Waals surface area contributed by atoms with E-state index in [1.54, 1.807) is 12.4 Å². The number of carbonyl (C=O) groups excluding carboxylic acids is 2. The number of nitrogens with one attached hydrogen (secondary N) is 2. The summed E-state index contributed by atoms with van der Waals surface area (Å²) in [6.07, 6.45) is 7.39. The zero-order chi connectivity index (χ0) is 16.9. The van der Waals surface area contributed by atoms with Gasteiger partial charge in [0, 0.05) is 32.0 Å². The van der Waals surface area contributed by atoms with Gasteiger partial charge in [-0.05, 0) is 56.7 Å². The summed E-state index contributed by atoms with van der Waals surface area (Å²) in [5.74, 6) is 0.462. The number of nitrogens with zero attached hydrogens (tertiary/aromatic N) is 2. The summed E-state index contributed by atoms with van der Waals surface area (Å²) in [6.45, 7) is 4.99. The molecule has 2 amide bonds. The molecule has 1 aromatic rings. The smallest absolute Gasteiger partial charge is 0.255 e. The molecular formula is C18H26N4O2. The Morgan fingerprint density at radius 3 is 2.96 bits per heavy atom. The van der Waals surface area contributed by atoms with Crippen molar-refractivity contribution in [1.29, 1.82) is 0 Å². The first-order valence-corrected chi connectivity index (χ1v) is 8.85. The van der Waals surface area contributed by atoms with Crippen molar-refractivity contribution in [3.63, 3.8) is 0 Å². The number of aromatic nitrogens is 1. The number of likely N-dealkylation sites (tertiary alicyclic amines) is 1. The average molecular weight is 330 g/mol. The lowest BCUT2D eigenvalue weighted by Crippen LogP contribution is -2.46. The second-order valence-corrected chi connectivity index (χ2v) is 6.90. The Morgan fingerprint density at radius 2 is 2.21 bits per heavy atom. The van der Waals surface area contributed by atoms with E-state index in [1.165, 1.54) is 0 Å². The lowest BCUT2D eigenvalue weighted by Gasteiger charge is -2.33. The number of hydrogen-bond acceptors (Lipinski definition) is 4. The highest BCUT2D eigenvalue weighted by molar-refractivity contribution is 5.94. The van der Waals surface area contributed by atoms with Crippen LogP contribution in [0.25, 0.3) is 0 Å². The van der Waals surface area contributed by atoms with Gasteiger partial charge in [0.1, 0.15) is 0 Å². The molecule has 2 aliphatic rings. The van der Waals surface area contributed by atoms with E-state index in [0.29, 0.717) is 24.6 Å². The number of rotatable bonds is 4. The van der Waals surface area contributed by atoms with Gasteiger partial charge in [0.2, 0.25) is 5.91 Å². The Labute approximate surface area is 143 Å². The molecule has 2 atom stereocenters. The highest BCUT2D eigenvalue weighted by Crippen LogP contribution is 2.18. The van der Waals surface area contributed by atoms with Crippen LogP contribution in [0.2, 0.25) is 0 Å². The fourth-order valence-electron chi connectivity index (χ4n) is 3.55. The van der Waals surface area contributed by atoms with E-state index in [1.807, 2.05) is 17.9 Å². The lowest BCUT2D eigenvalue weighted by atomic mass is 9.97. The summed E-state index contributed by atoms with van der Waals surface area (Å²) < 4.78 is 0. The topological polar surface area (TPSA) is 74.3 Å². The van der Waals surface area contributed by atoms with Gasteiger partial charge in [-0.15, -0.1) is 0 Å². The molecule has 0 saturated carbocycles. The summed E-state index contributed by atoms with van der Waals surface area (Å²) >= 11 is 0. The minimum atomic E-state index is -0.0373. The molecule has 130 valence electrons. The Balaban J connectivity index is 1.52. The van der Waals surface area contributed by atoms with Crippen LogP contribution in [0, 0.1) is 12.8 Å². The average Bonchev–Trinajstić information content (AvgIpc) is 3.14. The zero-order valence-electron chi connectivity index (χ0n) is 14.3. The van der Waals surface area contributed by atoms with Crippen molar-refractivity contribution < 1.29 is 9.59 Å². The summed E-state index contributed by atoms with van der Waals surface area (Å²) in [4.78, 5) is 30.7. The largest absolute Gasteiger partial charge is 0.354 e. The van der Waals surface area contributed by atoms with Gasteiger partial charge >= 0.3 is 0 Å². The molecule has 6 heteroatoms. The van der Waals surface area contributed by atoms with Crippen LogP contribution >= 0.6 is 0 Å². The van der Waals surface area contributed by atoms with Crippen molar-refractivity contribution in [2.24, 2.45) is 5.92 Å². The van der Waals surface area contributed by atoms with Crippen molar-refractivity contribution in [1.82, 2.24) is 20.5 Å². The maximum atomic E-state index is 12.6. The van der Waals surface area contributed by atoms with Crippen LogP contribution in [-0.2, 0) is 4.79 Å². The van der Waals surface area contributed by atoms with Gasteiger partial charge in [0.05, 0.1) is 11.6 Å². The number of carbonyl (C=O) groups is 2. The number of piperidine rings is 1. The fourth-order valence-corrected chi connectivity index (χ4v) is 3.55. The quantitative estimate of drug-likeness (QED) is 0.867. The summed E-state index contributed by atoms with van der Waals surface area (Å²) in [6, 6.07) is 1.84. The number of hydrogen-bond donors (Lipinski definition) is 2. The Bertz CT molecular complexity index is 598. The summed E-state index contributed by atoms with van der Waals surface area (Å²) in [7, 11) is 0. The molecule has 3 rings (SSSR count). The minimum absolute atomic E-state index is 0.0373. The van der Waals surface area contributed by atoms with E-state index in [9.17, 15) is 9.59 Å². The number of pyridine rings is 1. The SMILES string of the molecule is Cc1cncc(C(=O)N2CCC[C@@H](CNC(=O)[C@H]3CCCN3)C2)c1. The molecular weight excluding hydrogens is 304 g/mol. The predicted molar refractivity (Wildman–Crippen MR) is 91.6 cm³/mol. The summed E-state index contributed by atoms with van der Waals surface area (Å²) in [5.41, 5.74) is 1.64. The lowest BCUT2D eigenvalue weighted by molar-refractivity contribution is -0.123. The van der Waals surface area contributed by atoms with Crippen molar-refractivity contribution in [3.8, 4) is 0 Å². The molecule has 2 fully saturated rings. The van der Waals surface area contributed by atoms with Gasteiger partial charge in [-0.25, -0.2) is 0 Å². The van der Waals surface area contributed by atoms with Gasteiger partial charge in [-0.1, -0.05) is 0 Å². The van der Waals surface area contributed by atoms with Crippen LogP contribution in [0.5, 0.6) is 0 Å². The molecule has 0 radical (unpaired) electrons. The normalized spacial score (nSPS) is 24.0. The van der Waals surface area contributed by atoms with Crippen LogP contribution in [0.15, 0.2) is 18.5 Å². The molecule has 0 aliphatic carbocycles. The van der Waals surface area contributed by atoms with E-state index in [-0.39, 0.29) is 17.9 Å². The molecule has 2 saturated heterocycles. The van der Waals surface area contributed by atoms with Gasteiger partial charge in [-0.2, -0.15) is 0 Å². The Kier molecular flexibility index (Phi) is 5.45.